The summed E-state index contributed by atoms with van der Waals surface area (Å²) in [4.78, 5) is 3.58. The highest BCUT2D eigenvalue weighted by atomic mass is 35.5. The second-order valence-electron chi connectivity index (χ2n) is 4.75. The standard InChI is InChI=1S/C15H19ClN2S/c1-18(11-13-7-8-15(16)19-13)10-9-14(17)12-5-3-2-4-6-12/h2-8,14H,9-11,17H2,1H3. The van der Waals surface area contributed by atoms with Gasteiger partial charge in [0.05, 0.1) is 4.34 Å². The molecule has 0 radical (unpaired) electrons. The van der Waals surface area contributed by atoms with Gasteiger partial charge >= 0.3 is 0 Å². The van der Waals surface area contributed by atoms with E-state index in [1.54, 1.807) is 11.3 Å². The lowest BCUT2D eigenvalue weighted by atomic mass is 10.0. The molecule has 0 aliphatic heterocycles. The molecule has 1 atom stereocenters. The number of hydrogen-bond acceptors (Lipinski definition) is 3. The Morgan fingerprint density at radius 1 is 1.21 bits per heavy atom. The van der Waals surface area contributed by atoms with E-state index in [0.717, 1.165) is 23.8 Å². The van der Waals surface area contributed by atoms with Gasteiger partial charge in [0.2, 0.25) is 0 Å². The van der Waals surface area contributed by atoms with Crippen LogP contribution in [0.2, 0.25) is 4.34 Å². The number of benzene rings is 1. The third-order valence-corrected chi connectivity index (χ3v) is 4.32. The zero-order valence-electron chi connectivity index (χ0n) is 11.1. The second kappa shape index (κ2) is 7.06. The first-order valence-electron chi connectivity index (χ1n) is 6.38. The van der Waals surface area contributed by atoms with E-state index in [2.05, 4.69) is 30.1 Å². The summed E-state index contributed by atoms with van der Waals surface area (Å²) in [5.74, 6) is 0. The Morgan fingerprint density at radius 2 is 1.95 bits per heavy atom. The molecule has 2 N–H and O–H groups in total. The van der Waals surface area contributed by atoms with Crippen LogP contribution in [0.15, 0.2) is 42.5 Å². The quantitative estimate of drug-likeness (QED) is 0.875. The molecule has 1 aromatic heterocycles. The van der Waals surface area contributed by atoms with Crippen molar-refractivity contribution >= 4 is 22.9 Å². The van der Waals surface area contributed by atoms with Gasteiger partial charge in [-0.2, -0.15) is 0 Å². The summed E-state index contributed by atoms with van der Waals surface area (Å²) < 4.78 is 0.851. The van der Waals surface area contributed by atoms with Gasteiger partial charge < -0.3 is 10.6 Å². The van der Waals surface area contributed by atoms with Crippen molar-refractivity contribution < 1.29 is 0 Å². The molecule has 0 bridgehead atoms. The van der Waals surface area contributed by atoms with Crippen LogP contribution in [0, 0.1) is 0 Å². The Kier molecular flexibility index (Phi) is 5.40. The van der Waals surface area contributed by atoms with E-state index in [0.29, 0.717) is 0 Å². The van der Waals surface area contributed by atoms with Gasteiger partial charge in [-0.15, -0.1) is 11.3 Å². The number of nitrogens with zero attached hydrogens (tertiary/aromatic N) is 1. The van der Waals surface area contributed by atoms with Crippen molar-refractivity contribution in [3.8, 4) is 0 Å². The maximum Gasteiger partial charge on any atom is 0.0931 e. The van der Waals surface area contributed by atoms with Crippen molar-refractivity contribution in [2.24, 2.45) is 5.73 Å². The van der Waals surface area contributed by atoms with Crippen molar-refractivity contribution in [1.29, 1.82) is 0 Å². The van der Waals surface area contributed by atoms with Crippen LogP contribution in [0.1, 0.15) is 22.9 Å². The maximum atomic E-state index is 6.20. The van der Waals surface area contributed by atoms with Gasteiger partial charge in [0.1, 0.15) is 0 Å². The summed E-state index contributed by atoms with van der Waals surface area (Å²) in [7, 11) is 2.12. The van der Waals surface area contributed by atoms with Crippen molar-refractivity contribution in [2.75, 3.05) is 13.6 Å². The summed E-state index contributed by atoms with van der Waals surface area (Å²) in [5.41, 5.74) is 7.40. The minimum atomic E-state index is 0.107. The zero-order chi connectivity index (χ0) is 13.7. The van der Waals surface area contributed by atoms with E-state index >= 15 is 0 Å². The van der Waals surface area contributed by atoms with Crippen LogP contribution >= 0.6 is 22.9 Å². The third kappa shape index (κ3) is 4.62. The Balaban J connectivity index is 1.79. The fraction of sp³-hybridized carbons (Fsp3) is 0.333. The first kappa shape index (κ1) is 14.5. The molecule has 2 nitrogen and oxygen atoms in total. The summed E-state index contributed by atoms with van der Waals surface area (Å²) in [6.07, 6.45) is 0.958. The lowest BCUT2D eigenvalue weighted by molar-refractivity contribution is 0.314. The molecule has 2 rings (SSSR count). The van der Waals surface area contributed by atoms with Gasteiger partial charge in [-0.05, 0) is 31.2 Å². The molecular formula is C15H19ClN2S. The fourth-order valence-corrected chi connectivity index (χ4v) is 3.18. The summed E-state index contributed by atoms with van der Waals surface area (Å²) in [5, 5.41) is 0. The summed E-state index contributed by atoms with van der Waals surface area (Å²) in [6.45, 7) is 1.91. The fourth-order valence-electron chi connectivity index (χ4n) is 2.01. The molecule has 0 saturated heterocycles. The SMILES string of the molecule is CN(CCC(N)c1ccccc1)Cc1ccc(Cl)s1. The van der Waals surface area contributed by atoms with E-state index in [4.69, 9.17) is 17.3 Å². The first-order valence-corrected chi connectivity index (χ1v) is 7.58. The first-order chi connectivity index (χ1) is 9.15. The minimum absolute atomic E-state index is 0.107. The molecule has 0 spiro atoms. The van der Waals surface area contributed by atoms with Crippen LogP contribution in [-0.4, -0.2) is 18.5 Å². The number of thiophene rings is 1. The Labute approximate surface area is 123 Å². The van der Waals surface area contributed by atoms with Crippen molar-refractivity contribution in [1.82, 2.24) is 4.90 Å². The summed E-state index contributed by atoms with van der Waals surface area (Å²) in [6, 6.07) is 14.4. The zero-order valence-corrected chi connectivity index (χ0v) is 12.6. The molecule has 102 valence electrons. The van der Waals surface area contributed by atoms with Crippen molar-refractivity contribution in [2.45, 2.75) is 19.0 Å². The van der Waals surface area contributed by atoms with E-state index in [1.807, 2.05) is 24.3 Å². The minimum Gasteiger partial charge on any atom is -0.324 e. The number of hydrogen-bond donors (Lipinski definition) is 1. The van der Waals surface area contributed by atoms with Crippen LogP contribution in [0.3, 0.4) is 0 Å². The molecule has 0 aliphatic carbocycles. The smallest absolute Gasteiger partial charge is 0.0931 e. The van der Waals surface area contributed by atoms with Gasteiger partial charge in [-0.25, -0.2) is 0 Å². The molecule has 1 heterocycles. The van der Waals surface area contributed by atoms with Gasteiger partial charge in [0.25, 0.3) is 0 Å². The lowest BCUT2D eigenvalue weighted by Crippen LogP contribution is -2.23. The van der Waals surface area contributed by atoms with Crippen LogP contribution in [0.25, 0.3) is 0 Å². The lowest BCUT2D eigenvalue weighted by Gasteiger charge is -2.19. The Morgan fingerprint density at radius 3 is 2.58 bits per heavy atom. The monoisotopic (exact) mass is 294 g/mol. The highest BCUT2D eigenvalue weighted by molar-refractivity contribution is 7.16. The average Bonchev–Trinajstić information content (AvgIpc) is 2.82. The van der Waals surface area contributed by atoms with Crippen LogP contribution in [-0.2, 0) is 6.54 Å². The van der Waals surface area contributed by atoms with Gasteiger partial charge in [-0.3, -0.25) is 0 Å². The molecule has 2 aromatic rings. The van der Waals surface area contributed by atoms with Gasteiger partial charge in [0.15, 0.2) is 0 Å². The maximum absolute atomic E-state index is 6.20. The van der Waals surface area contributed by atoms with E-state index in [9.17, 15) is 0 Å². The van der Waals surface area contributed by atoms with Crippen LogP contribution < -0.4 is 5.73 Å². The molecule has 1 aromatic carbocycles. The van der Waals surface area contributed by atoms with Crippen molar-refractivity contribution in [3.05, 3.63) is 57.2 Å². The number of rotatable bonds is 6. The average molecular weight is 295 g/mol. The topological polar surface area (TPSA) is 29.3 Å². The van der Waals surface area contributed by atoms with Crippen molar-refractivity contribution in [3.63, 3.8) is 0 Å². The number of halogens is 1. The molecule has 19 heavy (non-hydrogen) atoms. The highest BCUT2D eigenvalue weighted by Gasteiger charge is 2.08. The largest absolute Gasteiger partial charge is 0.324 e. The van der Waals surface area contributed by atoms with Gasteiger partial charge in [-0.1, -0.05) is 41.9 Å². The third-order valence-electron chi connectivity index (χ3n) is 3.10. The normalized spacial score (nSPS) is 12.8. The van der Waals surface area contributed by atoms with Crippen LogP contribution in [0.5, 0.6) is 0 Å². The number of nitrogens with two attached hydrogens (primary N) is 1. The van der Waals surface area contributed by atoms with E-state index in [-0.39, 0.29) is 6.04 Å². The molecule has 0 amide bonds. The molecule has 0 aliphatic rings. The molecule has 1 unspecified atom stereocenters. The second-order valence-corrected chi connectivity index (χ2v) is 6.55. The molecular weight excluding hydrogens is 276 g/mol. The summed E-state index contributed by atoms with van der Waals surface area (Å²) >= 11 is 7.57. The molecule has 4 heteroatoms. The Bertz CT molecular complexity index is 498. The van der Waals surface area contributed by atoms with Gasteiger partial charge in [0, 0.05) is 24.0 Å². The molecule has 0 fully saturated rings. The highest BCUT2D eigenvalue weighted by Crippen LogP contribution is 2.22. The van der Waals surface area contributed by atoms with Crippen LogP contribution in [0.4, 0.5) is 0 Å². The Hall–Kier alpha value is -0.870. The predicted octanol–water partition coefficient (Wildman–Crippen LogP) is 3.92. The van der Waals surface area contributed by atoms with E-state index < -0.39 is 0 Å². The van der Waals surface area contributed by atoms with E-state index in [1.165, 1.54) is 10.4 Å². The molecule has 0 saturated carbocycles. The predicted molar refractivity (Wildman–Crippen MR) is 83.7 cm³/mol.